The van der Waals surface area contributed by atoms with Crippen LogP contribution < -0.4 is 5.32 Å². The summed E-state index contributed by atoms with van der Waals surface area (Å²) in [6.45, 7) is 2.07. The van der Waals surface area contributed by atoms with Crippen LogP contribution >= 0.6 is 0 Å². The van der Waals surface area contributed by atoms with E-state index >= 15 is 0 Å². The zero-order valence-electron chi connectivity index (χ0n) is 8.53. The number of aromatic carboxylic acids is 1. The molecule has 0 spiro atoms. The molecule has 1 aromatic rings. The van der Waals surface area contributed by atoms with Crippen molar-refractivity contribution in [1.82, 2.24) is 9.97 Å². The SMILES string of the molecule is CC1(Nc2nccnc2C(=O)O)CCC1. The van der Waals surface area contributed by atoms with Crippen LogP contribution in [0.2, 0.25) is 0 Å². The van der Waals surface area contributed by atoms with E-state index in [9.17, 15) is 4.79 Å². The van der Waals surface area contributed by atoms with E-state index in [0.29, 0.717) is 5.82 Å². The molecule has 5 nitrogen and oxygen atoms in total. The first-order chi connectivity index (χ1) is 7.11. The molecule has 0 atom stereocenters. The number of rotatable bonds is 3. The first kappa shape index (κ1) is 9.89. The maximum Gasteiger partial charge on any atom is 0.358 e. The van der Waals surface area contributed by atoms with E-state index in [1.165, 1.54) is 18.8 Å². The summed E-state index contributed by atoms with van der Waals surface area (Å²) < 4.78 is 0. The first-order valence-electron chi connectivity index (χ1n) is 4.93. The monoisotopic (exact) mass is 207 g/mol. The molecule has 1 aliphatic carbocycles. The van der Waals surface area contributed by atoms with Gasteiger partial charge < -0.3 is 10.4 Å². The zero-order chi connectivity index (χ0) is 10.9. The number of carbonyl (C=O) groups is 1. The summed E-state index contributed by atoms with van der Waals surface area (Å²) in [4.78, 5) is 18.7. The number of hydrogen-bond donors (Lipinski definition) is 2. The van der Waals surface area contributed by atoms with Crippen molar-refractivity contribution in [3.63, 3.8) is 0 Å². The van der Waals surface area contributed by atoms with Gasteiger partial charge in [-0.2, -0.15) is 0 Å². The van der Waals surface area contributed by atoms with Crippen molar-refractivity contribution >= 4 is 11.8 Å². The van der Waals surface area contributed by atoms with Gasteiger partial charge in [-0.25, -0.2) is 14.8 Å². The molecule has 1 aromatic heterocycles. The van der Waals surface area contributed by atoms with Gasteiger partial charge in [0.25, 0.3) is 0 Å². The van der Waals surface area contributed by atoms with Crippen molar-refractivity contribution in [2.24, 2.45) is 0 Å². The molecule has 80 valence electrons. The van der Waals surface area contributed by atoms with E-state index in [-0.39, 0.29) is 11.2 Å². The highest BCUT2D eigenvalue weighted by molar-refractivity contribution is 5.90. The number of nitrogens with zero attached hydrogens (tertiary/aromatic N) is 2. The largest absolute Gasteiger partial charge is 0.476 e. The van der Waals surface area contributed by atoms with Gasteiger partial charge in [-0.05, 0) is 26.2 Å². The maximum atomic E-state index is 10.9. The maximum absolute atomic E-state index is 10.9. The molecule has 2 N–H and O–H groups in total. The standard InChI is InChI=1S/C10H13N3O2/c1-10(3-2-4-10)13-8-7(9(14)15)11-5-6-12-8/h5-6H,2-4H2,1H3,(H,12,13)(H,14,15). The third-order valence-corrected chi connectivity index (χ3v) is 2.78. The molecule has 1 fully saturated rings. The minimum Gasteiger partial charge on any atom is -0.476 e. The van der Waals surface area contributed by atoms with Crippen molar-refractivity contribution in [3.05, 3.63) is 18.1 Å². The van der Waals surface area contributed by atoms with Crippen molar-refractivity contribution < 1.29 is 9.90 Å². The quantitative estimate of drug-likeness (QED) is 0.786. The van der Waals surface area contributed by atoms with Crippen LogP contribution in [0, 0.1) is 0 Å². The van der Waals surface area contributed by atoms with Crippen LogP contribution in [0.25, 0.3) is 0 Å². The van der Waals surface area contributed by atoms with Gasteiger partial charge in [0.05, 0.1) is 0 Å². The van der Waals surface area contributed by atoms with Crippen molar-refractivity contribution in [3.8, 4) is 0 Å². The first-order valence-corrected chi connectivity index (χ1v) is 4.93. The Balaban J connectivity index is 2.23. The highest BCUT2D eigenvalue weighted by Crippen LogP contribution is 2.34. The second-order valence-electron chi connectivity index (χ2n) is 4.10. The molecule has 1 heterocycles. The van der Waals surface area contributed by atoms with Crippen molar-refractivity contribution in [2.45, 2.75) is 31.7 Å². The summed E-state index contributed by atoms with van der Waals surface area (Å²) in [6.07, 6.45) is 6.14. The number of nitrogens with one attached hydrogen (secondary N) is 1. The highest BCUT2D eigenvalue weighted by atomic mass is 16.4. The minimum absolute atomic E-state index is 0.00868. The molecule has 0 unspecified atom stereocenters. The van der Waals surface area contributed by atoms with E-state index in [1.807, 2.05) is 0 Å². The zero-order valence-corrected chi connectivity index (χ0v) is 8.53. The van der Waals surface area contributed by atoms with Crippen molar-refractivity contribution in [1.29, 1.82) is 0 Å². The van der Waals surface area contributed by atoms with Gasteiger partial charge in [0.1, 0.15) is 0 Å². The Hall–Kier alpha value is -1.65. The van der Waals surface area contributed by atoms with Crippen LogP contribution in [0.4, 0.5) is 5.82 Å². The van der Waals surface area contributed by atoms with Gasteiger partial charge in [0, 0.05) is 17.9 Å². The van der Waals surface area contributed by atoms with Crippen LogP contribution in [-0.2, 0) is 0 Å². The predicted octanol–water partition coefficient (Wildman–Crippen LogP) is 1.53. The molecule has 2 rings (SSSR count). The second-order valence-corrected chi connectivity index (χ2v) is 4.10. The van der Waals surface area contributed by atoms with E-state index in [1.54, 1.807) is 0 Å². The molecule has 0 radical (unpaired) electrons. The molecule has 1 aliphatic rings. The molecule has 0 saturated heterocycles. The average molecular weight is 207 g/mol. The lowest BCUT2D eigenvalue weighted by Gasteiger charge is -2.39. The molecule has 0 amide bonds. The Morgan fingerprint density at radius 3 is 2.67 bits per heavy atom. The normalized spacial score (nSPS) is 17.9. The van der Waals surface area contributed by atoms with Crippen LogP contribution in [0.15, 0.2) is 12.4 Å². The summed E-state index contributed by atoms with van der Waals surface area (Å²) in [7, 11) is 0. The number of carboxylic acids is 1. The van der Waals surface area contributed by atoms with E-state index in [4.69, 9.17) is 5.11 Å². The fourth-order valence-corrected chi connectivity index (χ4v) is 1.70. The summed E-state index contributed by atoms with van der Waals surface area (Å²) in [5, 5.41) is 12.1. The van der Waals surface area contributed by atoms with Crippen LogP contribution in [0.3, 0.4) is 0 Å². The van der Waals surface area contributed by atoms with E-state index in [2.05, 4.69) is 22.2 Å². The molecular weight excluding hydrogens is 194 g/mol. The summed E-state index contributed by atoms with van der Waals surface area (Å²) in [5.41, 5.74) is -0.0223. The van der Waals surface area contributed by atoms with Gasteiger partial charge in [-0.3, -0.25) is 0 Å². The van der Waals surface area contributed by atoms with Gasteiger partial charge in [0.15, 0.2) is 11.5 Å². The van der Waals surface area contributed by atoms with E-state index < -0.39 is 5.97 Å². The molecule has 1 saturated carbocycles. The molecular formula is C10H13N3O2. The fraction of sp³-hybridized carbons (Fsp3) is 0.500. The summed E-state index contributed by atoms with van der Waals surface area (Å²) >= 11 is 0. The second kappa shape index (κ2) is 3.49. The number of anilines is 1. The Bertz CT molecular complexity index is 388. The molecule has 5 heteroatoms. The van der Waals surface area contributed by atoms with Gasteiger partial charge in [-0.1, -0.05) is 0 Å². The molecule has 0 bridgehead atoms. The fourth-order valence-electron chi connectivity index (χ4n) is 1.70. The van der Waals surface area contributed by atoms with E-state index in [0.717, 1.165) is 12.8 Å². The Kier molecular flexibility index (Phi) is 2.30. The smallest absolute Gasteiger partial charge is 0.358 e. The topological polar surface area (TPSA) is 75.1 Å². The van der Waals surface area contributed by atoms with Crippen LogP contribution in [0.1, 0.15) is 36.7 Å². The Labute approximate surface area is 87.6 Å². The molecule has 15 heavy (non-hydrogen) atoms. The minimum atomic E-state index is -1.05. The molecule has 0 aliphatic heterocycles. The van der Waals surface area contributed by atoms with Gasteiger partial charge >= 0.3 is 5.97 Å². The average Bonchev–Trinajstić information content (AvgIpc) is 2.16. The van der Waals surface area contributed by atoms with Crippen LogP contribution in [-0.4, -0.2) is 26.6 Å². The lowest BCUT2D eigenvalue weighted by atomic mass is 9.78. The van der Waals surface area contributed by atoms with Gasteiger partial charge in [0.2, 0.25) is 0 Å². The summed E-state index contributed by atoms with van der Waals surface area (Å²) in [6, 6.07) is 0. The number of carboxylic acid groups (broad SMARTS) is 1. The lowest BCUT2D eigenvalue weighted by Crippen LogP contribution is -2.42. The Morgan fingerprint density at radius 1 is 1.47 bits per heavy atom. The van der Waals surface area contributed by atoms with Crippen molar-refractivity contribution in [2.75, 3.05) is 5.32 Å². The number of aromatic nitrogens is 2. The Morgan fingerprint density at radius 2 is 2.13 bits per heavy atom. The summed E-state index contributed by atoms with van der Waals surface area (Å²) in [5.74, 6) is -0.680. The third-order valence-electron chi connectivity index (χ3n) is 2.78. The molecule has 0 aromatic carbocycles. The number of hydrogen-bond acceptors (Lipinski definition) is 4. The lowest BCUT2D eigenvalue weighted by molar-refractivity contribution is 0.0691. The van der Waals surface area contributed by atoms with Crippen LogP contribution in [0.5, 0.6) is 0 Å². The van der Waals surface area contributed by atoms with Gasteiger partial charge in [-0.15, -0.1) is 0 Å². The predicted molar refractivity (Wildman–Crippen MR) is 54.9 cm³/mol. The highest BCUT2D eigenvalue weighted by Gasteiger charge is 2.33. The third kappa shape index (κ3) is 1.91.